The topological polar surface area (TPSA) is 59.0 Å². The molecule has 1 aliphatic rings. The maximum atomic E-state index is 12.9. The molecule has 1 atom stereocenters. The number of carbonyl (C=O) groups is 2. The molecule has 0 fully saturated rings. The van der Waals surface area contributed by atoms with E-state index in [1.807, 2.05) is 41.8 Å². The highest BCUT2D eigenvalue weighted by molar-refractivity contribution is 9.10. The van der Waals surface area contributed by atoms with Gasteiger partial charge in [0.15, 0.2) is 6.61 Å². The van der Waals surface area contributed by atoms with Gasteiger partial charge in [0.25, 0.3) is 5.91 Å². The maximum absolute atomic E-state index is 12.9. The van der Waals surface area contributed by atoms with Crippen molar-refractivity contribution in [1.82, 2.24) is 5.01 Å². The zero-order valence-electron chi connectivity index (χ0n) is 15.3. The minimum absolute atomic E-state index is 0.126. The van der Waals surface area contributed by atoms with Crippen LogP contribution < -0.4 is 4.74 Å². The largest absolute Gasteiger partial charge is 0.484 e. The minimum atomic E-state index is -0.213. The third kappa shape index (κ3) is 4.46. The molecule has 2 aromatic carbocycles. The number of benzene rings is 2. The van der Waals surface area contributed by atoms with Crippen LogP contribution in [-0.2, 0) is 4.79 Å². The van der Waals surface area contributed by atoms with Crippen LogP contribution in [0, 0.1) is 0 Å². The molecule has 29 heavy (non-hydrogen) atoms. The van der Waals surface area contributed by atoms with E-state index in [0.717, 1.165) is 26.9 Å². The van der Waals surface area contributed by atoms with Crippen molar-refractivity contribution in [1.29, 1.82) is 0 Å². The highest BCUT2D eigenvalue weighted by Crippen LogP contribution is 2.35. The average Bonchev–Trinajstić information content (AvgIpc) is 3.43. The van der Waals surface area contributed by atoms with E-state index in [4.69, 9.17) is 4.74 Å². The van der Waals surface area contributed by atoms with Crippen LogP contribution in [0.4, 0.5) is 0 Å². The van der Waals surface area contributed by atoms with Crippen LogP contribution in [0.1, 0.15) is 33.3 Å². The monoisotopic (exact) mass is 468 g/mol. The zero-order valence-corrected chi connectivity index (χ0v) is 17.7. The Labute approximate surface area is 180 Å². The summed E-state index contributed by atoms with van der Waals surface area (Å²) in [5, 5.41) is 8.16. The van der Waals surface area contributed by atoms with Gasteiger partial charge in [-0.3, -0.25) is 9.59 Å². The molecule has 3 aromatic rings. The molecule has 1 amide bonds. The summed E-state index contributed by atoms with van der Waals surface area (Å²) >= 11 is 5.06. The summed E-state index contributed by atoms with van der Waals surface area (Å²) in [7, 11) is 0. The Balaban J connectivity index is 1.52. The third-order valence-electron chi connectivity index (χ3n) is 4.59. The summed E-state index contributed by atoms with van der Waals surface area (Å²) < 4.78 is 6.62. The van der Waals surface area contributed by atoms with Crippen molar-refractivity contribution in [3.63, 3.8) is 0 Å². The number of hydrogen-bond acceptors (Lipinski definition) is 5. The number of rotatable bonds is 6. The van der Waals surface area contributed by atoms with Crippen molar-refractivity contribution in [2.75, 3.05) is 6.61 Å². The standard InChI is InChI=1S/C22H17BrN2O3S/c23-17-7-5-16(6-8-17)19-12-20(21-2-1-11-29-21)25(24-19)22(27)14-28-18-9-3-15(13-26)4-10-18/h1-11,13,20H,12,14H2. The quantitative estimate of drug-likeness (QED) is 0.473. The Morgan fingerprint density at radius 2 is 1.93 bits per heavy atom. The van der Waals surface area contributed by atoms with Gasteiger partial charge in [-0.15, -0.1) is 11.3 Å². The Morgan fingerprint density at radius 1 is 1.17 bits per heavy atom. The lowest BCUT2D eigenvalue weighted by Crippen LogP contribution is -2.31. The van der Waals surface area contributed by atoms with Gasteiger partial charge >= 0.3 is 0 Å². The molecule has 0 saturated heterocycles. The smallest absolute Gasteiger partial charge is 0.281 e. The first kappa shape index (κ1) is 19.5. The van der Waals surface area contributed by atoms with Crippen LogP contribution in [0.3, 0.4) is 0 Å². The lowest BCUT2D eigenvalue weighted by molar-refractivity contribution is -0.135. The summed E-state index contributed by atoms with van der Waals surface area (Å²) in [6, 6.07) is 18.4. The van der Waals surface area contributed by atoms with E-state index in [-0.39, 0.29) is 18.6 Å². The van der Waals surface area contributed by atoms with Crippen LogP contribution in [0.15, 0.2) is 75.6 Å². The van der Waals surface area contributed by atoms with Crippen molar-refractivity contribution in [3.05, 3.63) is 86.5 Å². The number of halogens is 1. The van der Waals surface area contributed by atoms with Gasteiger partial charge in [0.1, 0.15) is 12.0 Å². The molecule has 0 saturated carbocycles. The second kappa shape index (κ2) is 8.71. The third-order valence-corrected chi connectivity index (χ3v) is 6.10. The molecule has 1 aromatic heterocycles. The van der Waals surface area contributed by atoms with Gasteiger partial charge in [0, 0.05) is 21.3 Å². The second-order valence-corrected chi connectivity index (χ2v) is 8.40. The fraction of sp³-hybridized carbons (Fsp3) is 0.136. The molecule has 1 aliphatic heterocycles. The van der Waals surface area contributed by atoms with Gasteiger partial charge in [-0.05, 0) is 53.4 Å². The second-order valence-electron chi connectivity index (χ2n) is 6.50. The summed E-state index contributed by atoms with van der Waals surface area (Å²) in [5.41, 5.74) is 2.43. The Bertz CT molecular complexity index is 1030. The molecule has 0 radical (unpaired) electrons. The van der Waals surface area contributed by atoms with Crippen molar-refractivity contribution < 1.29 is 14.3 Å². The lowest BCUT2D eigenvalue weighted by Gasteiger charge is -2.20. The van der Waals surface area contributed by atoms with Gasteiger partial charge in [0.05, 0.1) is 11.8 Å². The highest BCUT2D eigenvalue weighted by Gasteiger charge is 2.33. The molecule has 4 rings (SSSR count). The normalized spacial score (nSPS) is 15.8. The highest BCUT2D eigenvalue weighted by atomic mass is 79.9. The van der Waals surface area contributed by atoms with Gasteiger partial charge in [-0.2, -0.15) is 5.10 Å². The Hall–Kier alpha value is -2.77. The number of ether oxygens (including phenoxy) is 1. The summed E-state index contributed by atoms with van der Waals surface area (Å²) in [5.74, 6) is 0.322. The summed E-state index contributed by atoms with van der Waals surface area (Å²) in [6.45, 7) is -0.126. The summed E-state index contributed by atoms with van der Waals surface area (Å²) in [6.07, 6.45) is 1.42. The lowest BCUT2D eigenvalue weighted by atomic mass is 10.0. The van der Waals surface area contributed by atoms with Crippen molar-refractivity contribution >= 4 is 45.2 Å². The number of amides is 1. The first-order valence-corrected chi connectivity index (χ1v) is 10.7. The van der Waals surface area contributed by atoms with Crippen LogP contribution >= 0.6 is 27.3 Å². The van der Waals surface area contributed by atoms with Gasteiger partial charge in [0.2, 0.25) is 0 Å². The molecule has 2 heterocycles. The molecule has 7 heteroatoms. The molecule has 5 nitrogen and oxygen atoms in total. The number of thiophene rings is 1. The number of hydrogen-bond donors (Lipinski definition) is 0. The van der Waals surface area contributed by atoms with E-state index in [9.17, 15) is 9.59 Å². The molecule has 146 valence electrons. The number of hydrazone groups is 1. The summed E-state index contributed by atoms with van der Waals surface area (Å²) in [4.78, 5) is 24.8. The van der Waals surface area contributed by atoms with Crippen LogP contribution in [0.2, 0.25) is 0 Å². The zero-order chi connectivity index (χ0) is 20.2. The van der Waals surface area contributed by atoms with E-state index >= 15 is 0 Å². The van der Waals surface area contributed by atoms with Crippen LogP contribution in [-0.4, -0.2) is 29.5 Å². The van der Waals surface area contributed by atoms with E-state index in [2.05, 4.69) is 21.0 Å². The predicted octanol–water partition coefficient (Wildman–Crippen LogP) is 5.08. The van der Waals surface area contributed by atoms with E-state index in [1.165, 1.54) is 5.01 Å². The number of nitrogens with zero attached hydrogens (tertiary/aromatic N) is 2. The van der Waals surface area contributed by atoms with Crippen LogP contribution in [0.25, 0.3) is 0 Å². The van der Waals surface area contributed by atoms with Crippen molar-refractivity contribution in [3.8, 4) is 5.75 Å². The van der Waals surface area contributed by atoms with Gasteiger partial charge < -0.3 is 4.74 Å². The van der Waals surface area contributed by atoms with E-state index in [1.54, 1.807) is 35.6 Å². The van der Waals surface area contributed by atoms with Gasteiger partial charge in [-0.25, -0.2) is 5.01 Å². The first-order valence-electron chi connectivity index (χ1n) is 9.01. The SMILES string of the molecule is O=Cc1ccc(OCC(=O)N2N=C(c3ccc(Br)cc3)CC2c2cccs2)cc1. The molecule has 0 bridgehead atoms. The average molecular weight is 469 g/mol. The van der Waals surface area contributed by atoms with Gasteiger partial charge in [-0.1, -0.05) is 34.1 Å². The number of aldehydes is 1. The minimum Gasteiger partial charge on any atom is -0.484 e. The Kier molecular flexibility index (Phi) is 5.87. The van der Waals surface area contributed by atoms with E-state index in [0.29, 0.717) is 17.7 Å². The molecule has 0 spiro atoms. The van der Waals surface area contributed by atoms with E-state index < -0.39 is 0 Å². The maximum Gasteiger partial charge on any atom is 0.281 e. The molecule has 0 N–H and O–H groups in total. The molecular weight excluding hydrogens is 452 g/mol. The Morgan fingerprint density at radius 3 is 2.59 bits per heavy atom. The molecule has 1 unspecified atom stereocenters. The predicted molar refractivity (Wildman–Crippen MR) is 117 cm³/mol. The van der Waals surface area contributed by atoms with Crippen LogP contribution in [0.5, 0.6) is 5.75 Å². The van der Waals surface area contributed by atoms with Crippen molar-refractivity contribution in [2.45, 2.75) is 12.5 Å². The number of carbonyl (C=O) groups excluding carboxylic acids is 2. The molecular formula is C22H17BrN2O3S. The fourth-order valence-electron chi connectivity index (χ4n) is 3.11. The van der Waals surface area contributed by atoms with Crippen molar-refractivity contribution in [2.24, 2.45) is 5.10 Å². The molecule has 0 aliphatic carbocycles. The first-order chi connectivity index (χ1) is 14.1. The fourth-order valence-corrected chi connectivity index (χ4v) is 4.19.